The van der Waals surface area contributed by atoms with Gasteiger partial charge in [-0.15, -0.1) is 11.3 Å². The fraction of sp³-hybridized carbons (Fsp3) is 0.125. The summed E-state index contributed by atoms with van der Waals surface area (Å²) in [5, 5.41) is 16.8. The van der Waals surface area contributed by atoms with Crippen LogP contribution in [0.3, 0.4) is 0 Å². The summed E-state index contributed by atoms with van der Waals surface area (Å²) in [7, 11) is 0. The normalized spacial score (nSPS) is 10.3. The van der Waals surface area contributed by atoms with E-state index in [0.29, 0.717) is 5.01 Å². The van der Waals surface area contributed by atoms with Gasteiger partial charge in [-0.2, -0.15) is 0 Å². The van der Waals surface area contributed by atoms with Crippen LogP contribution in [0.2, 0.25) is 0 Å². The summed E-state index contributed by atoms with van der Waals surface area (Å²) in [6, 6.07) is 10.8. The Balaban J connectivity index is 1.47. The first-order chi connectivity index (χ1) is 12.7. The third-order valence-corrected chi connectivity index (χ3v) is 4.06. The smallest absolute Gasteiger partial charge is 0.313 e. The van der Waals surface area contributed by atoms with Gasteiger partial charge in [-0.05, 0) is 5.16 Å². The van der Waals surface area contributed by atoms with E-state index in [9.17, 15) is 9.59 Å². The molecule has 0 atom stereocenters. The highest BCUT2D eigenvalue weighted by molar-refractivity contribution is 7.12. The molecular formula is C16H14N4O5S. The quantitative estimate of drug-likeness (QED) is 0.326. The summed E-state index contributed by atoms with van der Waals surface area (Å²) in [5.41, 5.74) is 3.11. The highest BCUT2D eigenvalue weighted by atomic mass is 32.1. The minimum absolute atomic E-state index is 0.0680. The van der Waals surface area contributed by atoms with Crippen LogP contribution >= 0.6 is 11.3 Å². The molecular weight excluding hydrogens is 360 g/mol. The zero-order valence-corrected chi connectivity index (χ0v) is 14.2. The van der Waals surface area contributed by atoms with Gasteiger partial charge in [0.15, 0.2) is 5.01 Å². The molecule has 0 bridgehead atoms. The Morgan fingerprint density at radius 3 is 2.81 bits per heavy atom. The van der Waals surface area contributed by atoms with Gasteiger partial charge in [0.1, 0.15) is 6.61 Å². The van der Waals surface area contributed by atoms with Crippen molar-refractivity contribution in [2.24, 2.45) is 0 Å². The molecule has 2 aromatic heterocycles. The van der Waals surface area contributed by atoms with Crippen LogP contribution < -0.4 is 15.5 Å². The number of nitrogens with one attached hydrogen (secondary N) is 2. The van der Waals surface area contributed by atoms with Gasteiger partial charge in [0.05, 0.1) is 18.3 Å². The number of benzene rings is 1. The molecule has 2 heterocycles. The minimum Gasteiger partial charge on any atom is -0.474 e. The Bertz CT molecular complexity index is 893. The molecule has 9 nitrogen and oxygen atoms in total. The zero-order chi connectivity index (χ0) is 18.4. The lowest BCUT2D eigenvalue weighted by Gasteiger charge is -2.03. The van der Waals surface area contributed by atoms with Crippen molar-refractivity contribution < 1.29 is 24.1 Å². The molecule has 0 aliphatic rings. The van der Waals surface area contributed by atoms with Gasteiger partial charge in [0.2, 0.25) is 5.76 Å². The van der Waals surface area contributed by atoms with E-state index in [1.165, 1.54) is 22.9 Å². The number of aromatic nitrogens is 2. The first-order valence-electron chi connectivity index (χ1n) is 7.50. The predicted molar refractivity (Wildman–Crippen MR) is 91.1 cm³/mol. The van der Waals surface area contributed by atoms with E-state index in [1.807, 2.05) is 35.7 Å². The lowest BCUT2D eigenvalue weighted by molar-refractivity contribution is 0.0666. The Morgan fingerprint density at radius 1 is 1.23 bits per heavy atom. The fourth-order valence-corrected chi connectivity index (χ4v) is 2.75. The van der Waals surface area contributed by atoms with Gasteiger partial charge in [-0.1, -0.05) is 30.3 Å². The number of amides is 2. The topological polar surface area (TPSA) is 127 Å². The van der Waals surface area contributed by atoms with Crippen molar-refractivity contribution in [1.29, 1.82) is 0 Å². The van der Waals surface area contributed by atoms with Gasteiger partial charge in [0.25, 0.3) is 11.8 Å². The highest BCUT2D eigenvalue weighted by Gasteiger charge is 2.14. The maximum atomic E-state index is 12.1. The van der Waals surface area contributed by atoms with Crippen LogP contribution in [0, 0.1) is 0 Å². The van der Waals surface area contributed by atoms with Crippen LogP contribution in [-0.4, -0.2) is 40.3 Å². The maximum Gasteiger partial charge on any atom is 0.313 e. The molecule has 1 aromatic carbocycles. The molecule has 0 saturated carbocycles. The van der Waals surface area contributed by atoms with E-state index in [2.05, 4.69) is 20.0 Å². The molecule has 0 saturated heterocycles. The van der Waals surface area contributed by atoms with Gasteiger partial charge in [0, 0.05) is 10.9 Å². The summed E-state index contributed by atoms with van der Waals surface area (Å²) in [4.78, 5) is 27.5. The average molecular weight is 374 g/mol. The molecule has 0 radical (unpaired) electrons. The number of hydrogen-bond donors (Lipinski definition) is 3. The van der Waals surface area contributed by atoms with Crippen molar-refractivity contribution in [2.45, 2.75) is 0 Å². The van der Waals surface area contributed by atoms with Gasteiger partial charge in [-0.3, -0.25) is 14.8 Å². The Labute approximate surface area is 151 Å². The molecule has 0 aliphatic heterocycles. The molecule has 0 unspecified atom stereocenters. The Morgan fingerprint density at radius 2 is 2.04 bits per heavy atom. The third kappa shape index (κ3) is 4.23. The molecule has 134 valence electrons. The second kappa shape index (κ2) is 8.23. The van der Waals surface area contributed by atoms with Crippen molar-refractivity contribution >= 4 is 23.2 Å². The number of carbonyl (C=O) groups is 2. The van der Waals surface area contributed by atoms with Crippen LogP contribution in [-0.2, 0) is 0 Å². The lowest BCUT2D eigenvalue weighted by atomic mass is 10.2. The Kier molecular flexibility index (Phi) is 5.56. The maximum absolute atomic E-state index is 12.1. The molecule has 0 fully saturated rings. The summed E-state index contributed by atoms with van der Waals surface area (Å²) in [6.45, 7) is 0.336. The molecule has 26 heavy (non-hydrogen) atoms. The SMILES string of the molecule is O=C(NO)c1cc(OCCNC(=O)c2nc(-c3ccccc3)cs2)no1. The van der Waals surface area contributed by atoms with Crippen molar-refractivity contribution in [3.63, 3.8) is 0 Å². The van der Waals surface area contributed by atoms with E-state index in [4.69, 9.17) is 9.94 Å². The standard InChI is InChI=1S/C16H14N4O5S/c21-14(19-23)12-8-13(20-25-12)24-7-6-17-15(22)16-18-11(9-26-16)10-4-2-1-3-5-10/h1-5,8-9,23H,6-7H2,(H,17,22)(H,19,21). The molecule has 0 spiro atoms. The molecule has 0 aliphatic carbocycles. The largest absolute Gasteiger partial charge is 0.474 e. The summed E-state index contributed by atoms with van der Waals surface area (Å²) in [5.74, 6) is -1.26. The number of carbonyl (C=O) groups excluding carboxylic acids is 2. The van der Waals surface area contributed by atoms with E-state index in [0.717, 1.165) is 11.3 Å². The van der Waals surface area contributed by atoms with Crippen LogP contribution in [0.4, 0.5) is 0 Å². The molecule has 3 N–H and O–H groups in total. The summed E-state index contributed by atoms with van der Waals surface area (Å²) >= 11 is 1.26. The highest BCUT2D eigenvalue weighted by Crippen LogP contribution is 2.21. The summed E-state index contributed by atoms with van der Waals surface area (Å²) < 4.78 is 9.91. The van der Waals surface area contributed by atoms with Gasteiger partial charge in [-0.25, -0.2) is 10.5 Å². The van der Waals surface area contributed by atoms with E-state index in [1.54, 1.807) is 0 Å². The van der Waals surface area contributed by atoms with Crippen LogP contribution in [0.15, 0.2) is 46.3 Å². The van der Waals surface area contributed by atoms with Gasteiger partial charge < -0.3 is 14.6 Å². The number of thiazole rings is 1. The van der Waals surface area contributed by atoms with Gasteiger partial charge >= 0.3 is 5.91 Å². The fourth-order valence-electron chi connectivity index (χ4n) is 2.00. The number of nitrogens with zero attached hydrogens (tertiary/aromatic N) is 2. The zero-order valence-electron chi connectivity index (χ0n) is 13.3. The second-order valence-corrected chi connectivity index (χ2v) is 5.84. The lowest BCUT2D eigenvalue weighted by Crippen LogP contribution is -2.28. The third-order valence-electron chi connectivity index (χ3n) is 3.22. The molecule has 3 aromatic rings. The number of ether oxygens (including phenoxy) is 1. The van der Waals surface area contributed by atoms with Crippen molar-refractivity contribution in [1.82, 2.24) is 20.9 Å². The number of hydroxylamine groups is 1. The van der Waals surface area contributed by atoms with Crippen molar-refractivity contribution in [3.05, 3.63) is 52.5 Å². The second-order valence-electron chi connectivity index (χ2n) is 4.98. The summed E-state index contributed by atoms with van der Waals surface area (Å²) in [6.07, 6.45) is 0. The average Bonchev–Trinajstić information content (AvgIpc) is 3.35. The van der Waals surface area contributed by atoms with Crippen LogP contribution in [0.5, 0.6) is 5.88 Å². The van der Waals surface area contributed by atoms with Crippen LogP contribution in [0.25, 0.3) is 11.3 Å². The monoisotopic (exact) mass is 374 g/mol. The van der Waals surface area contributed by atoms with E-state index in [-0.39, 0.29) is 30.7 Å². The van der Waals surface area contributed by atoms with Crippen molar-refractivity contribution in [2.75, 3.05) is 13.2 Å². The number of rotatable bonds is 7. The Hall–Kier alpha value is -3.24. The predicted octanol–water partition coefficient (Wildman–Crippen LogP) is 1.73. The first-order valence-corrected chi connectivity index (χ1v) is 8.38. The minimum atomic E-state index is -0.835. The van der Waals surface area contributed by atoms with E-state index >= 15 is 0 Å². The molecule has 3 rings (SSSR count). The van der Waals surface area contributed by atoms with Crippen LogP contribution in [0.1, 0.15) is 20.4 Å². The molecule has 10 heteroatoms. The van der Waals surface area contributed by atoms with Crippen molar-refractivity contribution in [3.8, 4) is 17.1 Å². The van der Waals surface area contributed by atoms with E-state index < -0.39 is 5.91 Å². The first kappa shape index (κ1) is 17.6. The molecule has 2 amide bonds. The number of hydrogen-bond acceptors (Lipinski definition) is 8.